The fourth-order valence-corrected chi connectivity index (χ4v) is 4.66. The first-order valence-corrected chi connectivity index (χ1v) is 10.5. The van der Waals surface area contributed by atoms with E-state index in [9.17, 15) is 19.2 Å². The van der Waals surface area contributed by atoms with Crippen LogP contribution in [0, 0.1) is 5.92 Å². The Balaban J connectivity index is 1.70. The highest BCUT2D eigenvalue weighted by Gasteiger charge is 2.55. The number of furan rings is 1. The van der Waals surface area contributed by atoms with Gasteiger partial charge in [0.25, 0.3) is 5.91 Å². The number of carbonyl (C=O) groups is 4. The standard InChI is InChI=1S/C21H26N4O6/c1-3-30-17(26)15-13(22-19(28)23-16(15)14-8-6-10-31-14)11-25-18(27)21(24-20(25)29)9-5-4-7-12(21)2/h6,8,10,12,16H,3-5,7,9,11H2,1-2H3,(H,24,29)(H2,22,23,28). The molecule has 1 aromatic heterocycles. The fourth-order valence-electron chi connectivity index (χ4n) is 4.66. The summed E-state index contributed by atoms with van der Waals surface area (Å²) in [6.45, 7) is 3.50. The minimum Gasteiger partial charge on any atom is -0.467 e. The van der Waals surface area contributed by atoms with Gasteiger partial charge in [0, 0.05) is 0 Å². The zero-order valence-corrected chi connectivity index (χ0v) is 17.5. The molecule has 1 aliphatic carbocycles. The summed E-state index contributed by atoms with van der Waals surface area (Å²) in [6, 6.07) is 1.26. The second kappa shape index (κ2) is 8.09. The summed E-state index contributed by atoms with van der Waals surface area (Å²) in [5.74, 6) is -0.661. The zero-order valence-electron chi connectivity index (χ0n) is 17.5. The van der Waals surface area contributed by atoms with Crippen LogP contribution < -0.4 is 16.0 Å². The average molecular weight is 430 g/mol. The summed E-state index contributed by atoms with van der Waals surface area (Å²) in [7, 11) is 0. The van der Waals surface area contributed by atoms with Gasteiger partial charge >= 0.3 is 18.0 Å². The van der Waals surface area contributed by atoms with Crippen molar-refractivity contribution in [2.45, 2.75) is 51.1 Å². The number of hydrogen-bond donors (Lipinski definition) is 3. The summed E-state index contributed by atoms with van der Waals surface area (Å²) >= 11 is 0. The second-order valence-electron chi connectivity index (χ2n) is 8.10. The summed E-state index contributed by atoms with van der Waals surface area (Å²) in [4.78, 5) is 52.3. The average Bonchev–Trinajstić information content (AvgIpc) is 3.34. The van der Waals surface area contributed by atoms with Gasteiger partial charge in [-0.25, -0.2) is 14.4 Å². The molecule has 3 atom stereocenters. The molecule has 3 aliphatic rings. The third kappa shape index (κ3) is 3.55. The maximum absolute atomic E-state index is 13.3. The first-order chi connectivity index (χ1) is 14.9. The number of rotatable bonds is 5. The van der Waals surface area contributed by atoms with Crippen molar-refractivity contribution >= 4 is 23.9 Å². The molecule has 5 amide bonds. The Labute approximate surface area is 179 Å². The van der Waals surface area contributed by atoms with Gasteiger partial charge in [-0.1, -0.05) is 19.8 Å². The van der Waals surface area contributed by atoms with Crippen molar-refractivity contribution in [3.63, 3.8) is 0 Å². The summed E-state index contributed by atoms with van der Waals surface area (Å²) < 4.78 is 10.6. The molecular formula is C21H26N4O6. The molecule has 2 fully saturated rings. The Morgan fingerprint density at radius 1 is 1.32 bits per heavy atom. The van der Waals surface area contributed by atoms with Crippen LogP contribution in [0.1, 0.15) is 51.3 Å². The van der Waals surface area contributed by atoms with Gasteiger partial charge in [0.05, 0.1) is 30.7 Å². The molecule has 1 aromatic rings. The van der Waals surface area contributed by atoms with Gasteiger partial charge in [0.15, 0.2) is 0 Å². The van der Waals surface area contributed by atoms with E-state index in [1.165, 1.54) is 6.26 Å². The largest absolute Gasteiger partial charge is 0.467 e. The molecule has 0 radical (unpaired) electrons. The Hall–Kier alpha value is -3.30. The molecule has 31 heavy (non-hydrogen) atoms. The second-order valence-corrected chi connectivity index (χ2v) is 8.10. The van der Waals surface area contributed by atoms with Crippen molar-refractivity contribution in [2.24, 2.45) is 5.92 Å². The molecule has 10 nitrogen and oxygen atoms in total. The van der Waals surface area contributed by atoms with E-state index in [1.807, 2.05) is 6.92 Å². The Morgan fingerprint density at radius 2 is 2.13 bits per heavy atom. The van der Waals surface area contributed by atoms with Crippen LogP contribution in [0.3, 0.4) is 0 Å². The Kier molecular flexibility index (Phi) is 5.47. The van der Waals surface area contributed by atoms with E-state index >= 15 is 0 Å². The molecule has 4 rings (SSSR count). The lowest BCUT2D eigenvalue weighted by Crippen LogP contribution is -2.54. The van der Waals surface area contributed by atoms with Crippen molar-refractivity contribution in [1.29, 1.82) is 0 Å². The van der Waals surface area contributed by atoms with Crippen molar-refractivity contribution in [1.82, 2.24) is 20.9 Å². The minimum absolute atomic E-state index is 0.000289. The number of imide groups is 1. The lowest BCUT2D eigenvalue weighted by Gasteiger charge is -2.37. The number of nitrogens with zero attached hydrogens (tertiary/aromatic N) is 1. The molecular weight excluding hydrogens is 404 g/mol. The van der Waals surface area contributed by atoms with E-state index in [1.54, 1.807) is 19.1 Å². The molecule has 0 bridgehead atoms. The number of carbonyl (C=O) groups excluding carboxylic acids is 4. The van der Waals surface area contributed by atoms with E-state index in [-0.39, 0.29) is 36.2 Å². The number of ether oxygens (including phenoxy) is 1. The minimum atomic E-state index is -0.933. The highest BCUT2D eigenvalue weighted by molar-refractivity contribution is 6.08. The van der Waals surface area contributed by atoms with Gasteiger partial charge in [-0.3, -0.25) is 9.69 Å². The molecule has 1 saturated heterocycles. The van der Waals surface area contributed by atoms with Crippen molar-refractivity contribution in [2.75, 3.05) is 13.2 Å². The number of esters is 1. The third-order valence-electron chi connectivity index (χ3n) is 6.29. The lowest BCUT2D eigenvalue weighted by atomic mass is 9.73. The van der Waals surface area contributed by atoms with Crippen molar-refractivity contribution in [3.8, 4) is 0 Å². The van der Waals surface area contributed by atoms with E-state index in [0.717, 1.165) is 24.2 Å². The van der Waals surface area contributed by atoms with Crippen LogP contribution in [-0.4, -0.2) is 47.5 Å². The first kappa shape index (κ1) is 21.0. The predicted molar refractivity (Wildman–Crippen MR) is 107 cm³/mol. The van der Waals surface area contributed by atoms with Crippen LogP contribution >= 0.6 is 0 Å². The number of urea groups is 2. The highest BCUT2D eigenvalue weighted by atomic mass is 16.5. The molecule has 1 saturated carbocycles. The summed E-state index contributed by atoms with van der Waals surface area (Å²) in [5, 5.41) is 8.10. The zero-order chi connectivity index (χ0) is 22.2. The molecule has 3 heterocycles. The smallest absolute Gasteiger partial charge is 0.338 e. The van der Waals surface area contributed by atoms with E-state index in [4.69, 9.17) is 9.15 Å². The quantitative estimate of drug-likeness (QED) is 0.484. The molecule has 3 unspecified atom stereocenters. The van der Waals surface area contributed by atoms with Crippen LogP contribution in [0.15, 0.2) is 34.1 Å². The molecule has 10 heteroatoms. The molecule has 166 valence electrons. The van der Waals surface area contributed by atoms with Crippen LogP contribution in [0.4, 0.5) is 9.59 Å². The van der Waals surface area contributed by atoms with Gasteiger partial charge in [-0.2, -0.15) is 0 Å². The Morgan fingerprint density at radius 3 is 2.81 bits per heavy atom. The number of nitrogens with one attached hydrogen (secondary N) is 3. The maximum atomic E-state index is 13.3. The maximum Gasteiger partial charge on any atom is 0.338 e. The fraction of sp³-hybridized carbons (Fsp3) is 0.524. The van der Waals surface area contributed by atoms with Crippen molar-refractivity contribution in [3.05, 3.63) is 35.4 Å². The van der Waals surface area contributed by atoms with Crippen molar-refractivity contribution < 1.29 is 28.3 Å². The van der Waals surface area contributed by atoms with Gasteiger partial charge in [-0.05, 0) is 37.8 Å². The van der Waals surface area contributed by atoms with Gasteiger partial charge in [0.2, 0.25) is 0 Å². The number of amides is 5. The first-order valence-electron chi connectivity index (χ1n) is 10.5. The van der Waals surface area contributed by atoms with Gasteiger partial charge in [0.1, 0.15) is 17.3 Å². The topological polar surface area (TPSA) is 130 Å². The Bertz CT molecular complexity index is 940. The molecule has 3 N–H and O–H groups in total. The monoisotopic (exact) mass is 430 g/mol. The van der Waals surface area contributed by atoms with E-state index in [0.29, 0.717) is 12.2 Å². The molecule has 2 aliphatic heterocycles. The third-order valence-corrected chi connectivity index (χ3v) is 6.29. The van der Waals surface area contributed by atoms with Crippen LogP contribution in [0.5, 0.6) is 0 Å². The van der Waals surface area contributed by atoms with Gasteiger partial charge in [-0.15, -0.1) is 0 Å². The molecule has 1 spiro atoms. The SMILES string of the molecule is CCOC(=O)C1=C(CN2C(=O)NC3(CCCCC3C)C2=O)NC(=O)NC1c1ccco1. The highest BCUT2D eigenvalue weighted by Crippen LogP contribution is 2.39. The summed E-state index contributed by atoms with van der Waals surface area (Å²) in [5.41, 5.74) is -0.709. The lowest BCUT2D eigenvalue weighted by molar-refractivity contribution is -0.139. The normalized spacial score (nSPS) is 28.5. The van der Waals surface area contributed by atoms with E-state index in [2.05, 4.69) is 16.0 Å². The van der Waals surface area contributed by atoms with E-state index < -0.39 is 29.6 Å². The van der Waals surface area contributed by atoms with Crippen LogP contribution in [0.2, 0.25) is 0 Å². The summed E-state index contributed by atoms with van der Waals surface area (Å²) in [6.07, 6.45) is 4.70. The van der Waals surface area contributed by atoms with Crippen LogP contribution in [0.25, 0.3) is 0 Å². The molecule has 0 aromatic carbocycles. The number of hydrogen-bond acceptors (Lipinski definition) is 6. The van der Waals surface area contributed by atoms with Crippen LogP contribution in [-0.2, 0) is 14.3 Å². The van der Waals surface area contributed by atoms with Gasteiger partial charge < -0.3 is 25.1 Å². The predicted octanol–water partition coefficient (Wildman–Crippen LogP) is 1.95.